The van der Waals surface area contributed by atoms with E-state index in [-0.39, 0.29) is 24.0 Å². The molecule has 0 aliphatic carbocycles. The number of halogens is 1. The van der Waals surface area contributed by atoms with Gasteiger partial charge in [-0.3, -0.25) is 0 Å². The van der Waals surface area contributed by atoms with Crippen LogP contribution in [0.2, 0.25) is 0 Å². The third-order valence-electron chi connectivity index (χ3n) is 4.06. The van der Waals surface area contributed by atoms with Crippen LogP contribution >= 0.6 is 35.3 Å². The van der Waals surface area contributed by atoms with Gasteiger partial charge in [0.15, 0.2) is 5.96 Å². The van der Waals surface area contributed by atoms with Gasteiger partial charge in [0, 0.05) is 31.1 Å². The number of thiazole rings is 1. The molecule has 2 aromatic heterocycles. The molecule has 0 amide bonds. The van der Waals surface area contributed by atoms with E-state index < -0.39 is 0 Å². The normalized spacial score (nSPS) is 11.1. The first kappa shape index (κ1) is 23.1. The summed E-state index contributed by atoms with van der Waals surface area (Å²) in [5.41, 5.74) is 3.01. The summed E-state index contributed by atoms with van der Waals surface area (Å²) < 4.78 is 7.04. The highest BCUT2D eigenvalue weighted by Crippen LogP contribution is 2.14. The van der Waals surface area contributed by atoms with Gasteiger partial charge in [0.05, 0.1) is 35.7 Å². The standard InChI is InChI=1S/C20H26N6OS.HI/c1-4-21-20(22-11-9-17-14-28-15(2)24-17)23-13-16-10-12-26(25-16)18-5-7-19(27-3)8-6-18;/h5-8,10,12,14H,4,9,11,13H2,1-3H3,(H2,21,22,23);1H. The Morgan fingerprint density at radius 2 is 1.97 bits per heavy atom. The van der Waals surface area contributed by atoms with Crippen LogP contribution in [0.5, 0.6) is 5.75 Å². The summed E-state index contributed by atoms with van der Waals surface area (Å²) in [5, 5.41) is 14.4. The Morgan fingerprint density at radius 3 is 2.62 bits per heavy atom. The van der Waals surface area contributed by atoms with Crippen molar-refractivity contribution in [2.45, 2.75) is 26.8 Å². The van der Waals surface area contributed by atoms with Crippen molar-refractivity contribution in [3.63, 3.8) is 0 Å². The molecule has 0 spiro atoms. The number of rotatable bonds is 8. The molecule has 7 nitrogen and oxygen atoms in total. The Bertz CT molecular complexity index is 906. The number of guanidine groups is 1. The predicted molar refractivity (Wildman–Crippen MR) is 129 cm³/mol. The highest BCUT2D eigenvalue weighted by Gasteiger charge is 2.04. The van der Waals surface area contributed by atoms with Crippen LogP contribution in [0.3, 0.4) is 0 Å². The first-order valence-corrected chi connectivity index (χ1v) is 10.2. The molecule has 0 bridgehead atoms. The van der Waals surface area contributed by atoms with E-state index in [4.69, 9.17) is 4.74 Å². The minimum Gasteiger partial charge on any atom is -0.497 e. The molecule has 29 heavy (non-hydrogen) atoms. The van der Waals surface area contributed by atoms with Crippen LogP contribution in [0.4, 0.5) is 0 Å². The number of nitrogens with one attached hydrogen (secondary N) is 2. The number of hydrogen-bond donors (Lipinski definition) is 2. The number of methoxy groups -OCH3 is 1. The van der Waals surface area contributed by atoms with Gasteiger partial charge in [-0.25, -0.2) is 14.7 Å². The van der Waals surface area contributed by atoms with Crippen molar-refractivity contribution < 1.29 is 4.74 Å². The van der Waals surface area contributed by atoms with Gasteiger partial charge in [-0.2, -0.15) is 5.10 Å². The van der Waals surface area contributed by atoms with Gasteiger partial charge in [0.2, 0.25) is 0 Å². The van der Waals surface area contributed by atoms with Crippen LogP contribution < -0.4 is 15.4 Å². The van der Waals surface area contributed by atoms with Crippen LogP contribution in [0.1, 0.15) is 23.3 Å². The van der Waals surface area contributed by atoms with E-state index in [1.807, 2.05) is 48.1 Å². The van der Waals surface area contributed by atoms with Gasteiger partial charge >= 0.3 is 0 Å². The van der Waals surface area contributed by atoms with Gasteiger partial charge < -0.3 is 15.4 Å². The van der Waals surface area contributed by atoms with E-state index in [9.17, 15) is 0 Å². The lowest BCUT2D eigenvalue weighted by Gasteiger charge is -2.10. The zero-order valence-electron chi connectivity index (χ0n) is 16.9. The molecule has 0 saturated carbocycles. The molecule has 9 heteroatoms. The second-order valence-electron chi connectivity index (χ2n) is 6.18. The predicted octanol–water partition coefficient (Wildman–Crippen LogP) is 3.56. The summed E-state index contributed by atoms with van der Waals surface area (Å²) in [6.45, 7) is 6.18. The SMILES string of the molecule is CCNC(=NCc1ccn(-c2ccc(OC)cc2)n1)NCCc1csc(C)n1.I. The minimum absolute atomic E-state index is 0. The third-order valence-corrected chi connectivity index (χ3v) is 4.89. The molecule has 3 rings (SSSR count). The minimum atomic E-state index is 0. The molecule has 0 fully saturated rings. The molecule has 0 aliphatic rings. The van der Waals surface area contributed by atoms with Crippen molar-refractivity contribution in [1.82, 2.24) is 25.4 Å². The summed E-state index contributed by atoms with van der Waals surface area (Å²) in [5.74, 6) is 1.61. The summed E-state index contributed by atoms with van der Waals surface area (Å²) >= 11 is 1.68. The average molecular weight is 526 g/mol. The van der Waals surface area contributed by atoms with E-state index in [1.54, 1.807) is 18.4 Å². The lowest BCUT2D eigenvalue weighted by Crippen LogP contribution is -2.38. The van der Waals surface area contributed by atoms with Crippen LogP contribution in [0.25, 0.3) is 5.69 Å². The Hall–Kier alpha value is -2.14. The molecule has 156 valence electrons. The van der Waals surface area contributed by atoms with Crippen molar-refractivity contribution in [3.8, 4) is 11.4 Å². The molecule has 0 saturated heterocycles. The smallest absolute Gasteiger partial charge is 0.191 e. The number of aryl methyl sites for hydroxylation is 1. The zero-order chi connectivity index (χ0) is 19.8. The number of hydrogen-bond acceptors (Lipinski definition) is 5. The monoisotopic (exact) mass is 526 g/mol. The van der Waals surface area contributed by atoms with Gasteiger partial charge in [-0.15, -0.1) is 35.3 Å². The first-order valence-electron chi connectivity index (χ1n) is 9.30. The zero-order valence-corrected chi connectivity index (χ0v) is 20.0. The van der Waals surface area contributed by atoms with Crippen molar-refractivity contribution in [3.05, 3.63) is 58.3 Å². The number of nitrogens with zero attached hydrogens (tertiary/aromatic N) is 4. The van der Waals surface area contributed by atoms with Gasteiger partial charge in [0.25, 0.3) is 0 Å². The van der Waals surface area contributed by atoms with Crippen LogP contribution in [-0.2, 0) is 13.0 Å². The van der Waals surface area contributed by atoms with Gasteiger partial charge in [-0.1, -0.05) is 0 Å². The molecule has 1 aromatic carbocycles. The van der Waals surface area contributed by atoms with E-state index >= 15 is 0 Å². The molecule has 0 radical (unpaired) electrons. The Kier molecular flexibility index (Phi) is 9.39. The Labute approximate surface area is 192 Å². The van der Waals surface area contributed by atoms with Gasteiger partial charge in [0.1, 0.15) is 5.75 Å². The molecule has 3 aromatic rings. The average Bonchev–Trinajstić information content (AvgIpc) is 3.35. The topological polar surface area (TPSA) is 76.4 Å². The van der Waals surface area contributed by atoms with E-state index in [1.165, 1.54) is 0 Å². The second-order valence-corrected chi connectivity index (χ2v) is 7.24. The second kappa shape index (κ2) is 11.8. The number of ether oxygens (including phenoxy) is 1. The molecule has 0 unspecified atom stereocenters. The molecule has 0 atom stereocenters. The lowest BCUT2D eigenvalue weighted by molar-refractivity contribution is 0.414. The summed E-state index contributed by atoms with van der Waals surface area (Å²) in [7, 11) is 1.66. The highest BCUT2D eigenvalue weighted by molar-refractivity contribution is 14.0. The van der Waals surface area contributed by atoms with E-state index in [0.29, 0.717) is 6.54 Å². The number of aromatic nitrogens is 3. The maximum Gasteiger partial charge on any atom is 0.191 e. The van der Waals surface area contributed by atoms with Crippen LogP contribution in [0, 0.1) is 6.92 Å². The molecular formula is C20H27IN6OS. The van der Waals surface area contributed by atoms with Crippen LogP contribution in [-0.4, -0.2) is 40.9 Å². The third kappa shape index (κ3) is 7.00. The molecule has 0 aliphatic heterocycles. The van der Waals surface area contributed by atoms with Crippen LogP contribution in [0.15, 0.2) is 46.9 Å². The fourth-order valence-electron chi connectivity index (χ4n) is 2.66. The Morgan fingerprint density at radius 1 is 1.17 bits per heavy atom. The highest BCUT2D eigenvalue weighted by atomic mass is 127. The van der Waals surface area contributed by atoms with E-state index in [2.05, 4.69) is 38.0 Å². The summed E-state index contributed by atoms with van der Waals surface area (Å²) in [4.78, 5) is 9.12. The number of benzene rings is 1. The lowest BCUT2D eigenvalue weighted by atomic mass is 10.3. The largest absolute Gasteiger partial charge is 0.497 e. The molecule has 2 heterocycles. The fraction of sp³-hybridized carbons (Fsp3) is 0.350. The van der Waals surface area contributed by atoms with E-state index in [0.717, 1.165) is 53.3 Å². The fourth-order valence-corrected chi connectivity index (χ4v) is 3.31. The molecule has 2 N–H and O–H groups in total. The van der Waals surface area contributed by atoms with Gasteiger partial charge in [-0.05, 0) is 44.2 Å². The molecular weight excluding hydrogens is 499 g/mol. The van der Waals surface area contributed by atoms with Crippen molar-refractivity contribution in [2.75, 3.05) is 20.2 Å². The quantitative estimate of drug-likeness (QED) is 0.267. The van der Waals surface area contributed by atoms with Crippen molar-refractivity contribution in [1.29, 1.82) is 0 Å². The van der Waals surface area contributed by atoms with Crippen molar-refractivity contribution >= 4 is 41.3 Å². The maximum absolute atomic E-state index is 5.20. The number of aliphatic imine (C=N–C) groups is 1. The maximum atomic E-state index is 5.20. The Balaban J connectivity index is 0.00000300. The summed E-state index contributed by atoms with van der Waals surface area (Å²) in [6.07, 6.45) is 2.82. The first-order chi connectivity index (χ1) is 13.7. The summed E-state index contributed by atoms with van der Waals surface area (Å²) in [6, 6.07) is 9.78. The van der Waals surface area contributed by atoms with Crippen molar-refractivity contribution in [2.24, 2.45) is 4.99 Å².